The van der Waals surface area contributed by atoms with E-state index in [0.717, 1.165) is 33.2 Å². The van der Waals surface area contributed by atoms with Gasteiger partial charge in [-0.2, -0.15) is 0 Å². The second-order valence-electron chi connectivity index (χ2n) is 9.64. The molecule has 1 saturated heterocycles. The first-order chi connectivity index (χ1) is 17.1. The molecule has 2 heterocycles. The van der Waals surface area contributed by atoms with Crippen LogP contribution in [0.3, 0.4) is 0 Å². The van der Waals surface area contributed by atoms with Gasteiger partial charge in [-0.15, -0.1) is 0 Å². The first-order valence-corrected chi connectivity index (χ1v) is 12.1. The number of nitrogens with zero attached hydrogens (tertiary/aromatic N) is 1. The standard InChI is InChI=1S/C28H32N4O4/c1-16-9-20(10-17(2)18(16)3)12-30-27(35)23(11-21-13-29-24-8-6-5-7-22(21)24)25(33)14-32-15-26(34)31-19(4)28(32)36/h5-10,13,19,23,29H,11-12,14-15H2,1-4H3,(H,30,35)(H,31,34). The maximum atomic E-state index is 13.4. The molecule has 188 valence electrons. The Balaban J connectivity index is 1.56. The number of H-pyrrole nitrogens is 1. The average Bonchev–Trinajstić information content (AvgIpc) is 3.25. The highest BCUT2D eigenvalue weighted by Gasteiger charge is 2.34. The number of aromatic amines is 1. The van der Waals surface area contributed by atoms with Crippen LogP contribution in [0.25, 0.3) is 10.9 Å². The minimum absolute atomic E-state index is 0.185. The van der Waals surface area contributed by atoms with Crippen molar-refractivity contribution in [3.63, 3.8) is 0 Å². The van der Waals surface area contributed by atoms with Gasteiger partial charge in [0, 0.05) is 23.6 Å². The molecule has 1 aliphatic heterocycles. The van der Waals surface area contributed by atoms with Crippen LogP contribution in [0.1, 0.15) is 34.7 Å². The van der Waals surface area contributed by atoms with Crippen molar-refractivity contribution in [1.29, 1.82) is 0 Å². The van der Waals surface area contributed by atoms with Crippen molar-refractivity contribution >= 4 is 34.4 Å². The lowest BCUT2D eigenvalue weighted by atomic mass is 9.93. The molecular weight excluding hydrogens is 456 g/mol. The number of benzene rings is 2. The number of carbonyl (C=O) groups is 4. The molecule has 36 heavy (non-hydrogen) atoms. The zero-order valence-electron chi connectivity index (χ0n) is 21.1. The largest absolute Gasteiger partial charge is 0.361 e. The molecule has 1 aliphatic rings. The summed E-state index contributed by atoms with van der Waals surface area (Å²) in [5.41, 5.74) is 6.21. The van der Waals surface area contributed by atoms with Crippen molar-refractivity contribution in [3.8, 4) is 0 Å². The van der Waals surface area contributed by atoms with E-state index < -0.39 is 23.7 Å². The Morgan fingerprint density at radius 1 is 1.11 bits per heavy atom. The van der Waals surface area contributed by atoms with Crippen LogP contribution in [0.15, 0.2) is 42.6 Å². The number of piperazine rings is 1. The third-order valence-corrected chi connectivity index (χ3v) is 7.00. The number of Topliss-reactive ketones (excluding diaryl/α,β-unsaturated/α-hetero) is 1. The Kier molecular flexibility index (Phi) is 7.24. The van der Waals surface area contributed by atoms with Crippen molar-refractivity contribution in [2.24, 2.45) is 5.92 Å². The van der Waals surface area contributed by atoms with Gasteiger partial charge in [0.05, 0.1) is 6.54 Å². The number of aromatic nitrogens is 1. The maximum absolute atomic E-state index is 13.4. The normalized spacial score (nSPS) is 16.7. The summed E-state index contributed by atoms with van der Waals surface area (Å²) in [7, 11) is 0. The van der Waals surface area contributed by atoms with E-state index in [1.54, 1.807) is 6.92 Å². The summed E-state index contributed by atoms with van der Waals surface area (Å²) in [6, 6.07) is 11.1. The van der Waals surface area contributed by atoms with Crippen LogP contribution in [0, 0.1) is 26.7 Å². The SMILES string of the molecule is Cc1cc(CNC(=O)C(Cc2c[nH]c3ccccc23)C(=O)CN2CC(=O)NC(C)C2=O)cc(C)c1C. The Hall–Kier alpha value is -3.94. The van der Waals surface area contributed by atoms with Crippen LogP contribution >= 0.6 is 0 Å². The molecule has 2 atom stereocenters. The van der Waals surface area contributed by atoms with E-state index in [4.69, 9.17) is 0 Å². The fourth-order valence-corrected chi connectivity index (χ4v) is 4.72. The molecule has 1 fully saturated rings. The zero-order valence-corrected chi connectivity index (χ0v) is 21.1. The molecule has 2 aromatic carbocycles. The molecule has 2 unspecified atom stereocenters. The van der Waals surface area contributed by atoms with E-state index in [1.165, 1.54) is 10.5 Å². The summed E-state index contributed by atoms with van der Waals surface area (Å²) in [4.78, 5) is 55.7. The van der Waals surface area contributed by atoms with Gasteiger partial charge in [0.2, 0.25) is 17.7 Å². The van der Waals surface area contributed by atoms with Crippen LogP contribution in [0.2, 0.25) is 0 Å². The number of aryl methyl sites for hydroxylation is 2. The van der Waals surface area contributed by atoms with Crippen molar-refractivity contribution in [2.45, 2.75) is 46.7 Å². The number of amides is 3. The van der Waals surface area contributed by atoms with Crippen LogP contribution in [0.4, 0.5) is 0 Å². The number of hydrogen-bond donors (Lipinski definition) is 3. The third kappa shape index (κ3) is 5.32. The number of hydrogen-bond acceptors (Lipinski definition) is 4. The number of nitrogens with one attached hydrogen (secondary N) is 3. The molecular formula is C28H32N4O4. The molecule has 1 aromatic heterocycles. The number of carbonyl (C=O) groups excluding carboxylic acids is 4. The quantitative estimate of drug-likeness (QED) is 0.423. The predicted molar refractivity (Wildman–Crippen MR) is 137 cm³/mol. The molecule has 4 rings (SSSR count). The minimum Gasteiger partial charge on any atom is -0.361 e. The van der Waals surface area contributed by atoms with Gasteiger partial charge in [0.25, 0.3) is 0 Å². The predicted octanol–water partition coefficient (Wildman–Crippen LogP) is 2.48. The van der Waals surface area contributed by atoms with Crippen LogP contribution in [0.5, 0.6) is 0 Å². The van der Waals surface area contributed by atoms with Gasteiger partial charge in [-0.05, 0) is 68.0 Å². The Bertz CT molecular complexity index is 1320. The van der Waals surface area contributed by atoms with Gasteiger partial charge in [-0.3, -0.25) is 19.2 Å². The lowest BCUT2D eigenvalue weighted by Crippen LogP contribution is -2.58. The molecule has 3 amide bonds. The van der Waals surface area contributed by atoms with Gasteiger partial charge in [0.1, 0.15) is 18.5 Å². The van der Waals surface area contributed by atoms with Crippen molar-refractivity contribution in [3.05, 3.63) is 70.4 Å². The fourth-order valence-electron chi connectivity index (χ4n) is 4.72. The number of para-hydroxylation sites is 1. The van der Waals surface area contributed by atoms with Crippen LogP contribution in [-0.4, -0.2) is 52.5 Å². The second kappa shape index (κ2) is 10.4. The lowest BCUT2D eigenvalue weighted by Gasteiger charge is -2.31. The van der Waals surface area contributed by atoms with Crippen molar-refractivity contribution in [1.82, 2.24) is 20.5 Å². The smallest absolute Gasteiger partial charge is 0.245 e. The molecule has 8 heteroatoms. The fraction of sp³-hybridized carbons (Fsp3) is 0.357. The van der Waals surface area contributed by atoms with Gasteiger partial charge in [-0.25, -0.2) is 0 Å². The van der Waals surface area contributed by atoms with Crippen molar-refractivity contribution in [2.75, 3.05) is 13.1 Å². The number of fused-ring (bicyclic) bond motifs is 1. The number of ketones is 1. The molecule has 0 bridgehead atoms. The van der Waals surface area contributed by atoms with E-state index in [-0.39, 0.29) is 31.3 Å². The molecule has 0 radical (unpaired) electrons. The van der Waals surface area contributed by atoms with Crippen molar-refractivity contribution < 1.29 is 19.2 Å². The molecule has 0 aliphatic carbocycles. The Morgan fingerprint density at radius 3 is 2.53 bits per heavy atom. The average molecular weight is 489 g/mol. The number of rotatable bonds is 8. The topological polar surface area (TPSA) is 111 Å². The monoisotopic (exact) mass is 488 g/mol. The van der Waals surface area contributed by atoms with E-state index in [1.807, 2.05) is 56.4 Å². The molecule has 8 nitrogen and oxygen atoms in total. The third-order valence-electron chi connectivity index (χ3n) is 7.00. The summed E-state index contributed by atoms with van der Waals surface area (Å²) >= 11 is 0. The summed E-state index contributed by atoms with van der Waals surface area (Å²) < 4.78 is 0. The van der Waals surface area contributed by atoms with Crippen LogP contribution in [-0.2, 0) is 32.1 Å². The highest BCUT2D eigenvalue weighted by atomic mass is 16.2. The zero-order chi connectivity index (χ0) is 26.0. The van der Waals surface area contributed by atoms with E-state index in [2.05, 4.69) is 22.5 Å². The highest BCUT2D eigenvalue weighted by Crippen LogP contribution is 2.22. The lowest BCUT2D eigenvalue weighted by molar-refractivity contribution is -0.147. The summed E-state index contributed by atoms with van der Waals surface area (Å²) in [6.07, 6.45) is 2.00. The Labute approximate surface area is 210 Å². The minimum atomic E-state index is -1.01. The summed E-state index contributed by atoms with van der Waals surface area (Å²) in [5, 5.41) is 6.43. The van der Waals surface area contributed by atoms with E-state index >= 15 is 0 Å². The van der Waals surface area contributed by atoms with Gasteiger partial charge in [-0.1, -0.05) is 30.3 Å². The summed E-state index contributed by atoms with van der Waals surface area (Å²) in [6.45, 7) is 7.51. The summed E-state index contributed by atoms with van der Waals surface area (Å²) in [5.74, 6) is -2.46. The van der Waals surface area contributed by atoms with Gasteiger partial charge in [0.15, 0.2) is 5.78 Å². The molecule has 0 saturated carbocycles. The first-order valence-electron chi connectivity index (χ1n) is 12.1. The van der Waals surface area contributed by atoms with Gasteiger partial charge < -0.3 is 20.5 Å². The molecule has 3 N–H and O–H groups in total. The van der Waals surface area contributed by atoms with E-state index in [0.29, 0.717) is 6.54 Å². The Morgan fingerprint density at radius 2 is 1.81 bits per heavy atom. The van der Waals surface area contributed by atoms with Crippen LogP contribution < -0.4 is 10.6 Å². The maximum Gasteiger partial charge on any atom is 0.245 e. The second-order valence-corrected chi connectivity index (χ2v) is 9.64. The molecule has 3 aromatic rings. The highest BCUT2D eigenvalue weighted by molar-refractivity contribution is 6.05. The van der Waals surface area contributed by atoms with Gasteiger partial charge >= 0.3 is 0 Å². The van der Waals surface area contributed by atoms with E-state index in [9.17, 15) is 19.2 Å². The first kappa shape index (κ1) is 25.2. The molecule has 0 spiro atoms.